The van der Waals surface area contributed by atoms with Crippen molar-refractivity contribution in [2.24, 2.45) is 5.73 Å². The molecule has 154 valence electrons. The van der Waals surface area contributed by atoms with E-state index in [2.05, 4.69) is 22.8 Å². The fourth-order valence-electron chi connectivity index (χ4n) is 4.07. The Labute approximate surface area is 177 Å². The minimum Gasteiger partial charge on any atom is -0.364 e. The van der Waals surface area contributed by atoms with E-state index in [1.807, 2.05) is 24.3 Å². The smallest absolute Gasteiger partial charge is 0.128 e. The highest BCUT2D eigenvalue weighted by Crippen LogP contribution is 2.28. The minimum absolute atomic E-state index is 0.248. The Morgan fingerprint density at radius 2 is 1.93 bits per heavy atom. The van der Waals surface area contributed by atoms with E-state index in [1.165, 1.54) is 6.07 Å². The number of halogens is 2. The molecule has 0 aliphatic carbocycles. The van der Waals surface area contributed by atoms with Gasteiger partial charge in [-0.1, -0.05) is 11.6 Å². The molecular formula is C23H28ClFN4. The second-order valence-corrected chi connectivity index (χ2v) is 8.15. The van der Waals surface area contributed by atoms with Crippen LogP contribution in [0.15, 0.2) is 42.5 Å². The van der Waals surface area contributed by atoms with Gasteiger partial charge < -0.3 is 15.5 Å². The van der Waals surface area contributed by atoms with Crippen LogP contribution in [0.25, 0.3) is 0 Å². The monoisotopic (exact) mass is 414 g/mol. The Kier molecular flexibility index (Phi) is 7.49. The van der Waals surface area contributed by atoms with Crippen molar-refractivity contribution in [1.29, 1.82) is 5.26 Å². The summed E-state index contributed by atoms with van der Waals surface area (Å²) in [4.78, 5) is 4.74. The maximum absolute atomic E-state index is 14.4. The molecule has 3 rings (SSSR count). The Morgan fingerprint density at radius 1 is 1.24 bits per heavy atom. The average molecular weight is 415 g/mol. The molecule has 0 aromatic heterocycles. The summed E-state index contributed by atoms with van der Waals surface area (Å²) < 4.78 is 14.4. The largest absolute Gasteiger partial charge is 0.364 e. The van der Waals surface area contributed by atoms with Crippen molar-refractivity contribution >= 4 is 17.3 Å². The minimum atomic E-state index is -0.248. The lowest BCUT2D eigenvalue weighted by molar-refractivity contribution is 0.154. The average Bonchev–Trinajstić information content (AvgIpc) is 2.75. The van der Waals surface area contributed by atoms with E-state index in [0.717, 1.165) is 38.0 Å². The zero-order valence-electron chi connectivity index (χ0n) is 16.8. The number of rotatable bonds is 7. The number of anilines is 1. The van der Waals surface area contributed by atoms with E-state index >= 15 is 0 Å². The van der Waals surface area contributed by atoms with Crippen LogP contribution in [-0.4, -0.2) is 36.6 Å². The number of benzene rings is 2. The molecule has 0 saturated carbocycles. The molecule has 6 heteroatoms. The molecule has 1 atom stereocenters. The maximum Gasteiger partial charge on any atom is 0.128 e. The lowest BCUT2D eigenvalue weighted by Gasteiger charge is -2.42. The summed E-state index contributed by atoms with van der Waals surface area (Å²) in [6.07, 6.45) is 2.99. The van der Waals surface area contributed by atoms with Gasteiger partial charge in [-0.3, -0.25) is 0 Å². The summed E-state index contributed by atoms with van der Waals surface area (Å²) in [5.41, 5.74) is 7.92. The van der Waals surface area contributed by atoms with E-state index in [1.54, 1.807) is 12.1 Å². The number of nitriles is 1. The van der Waals surface area contributed by atoms with Gasteiger partial charge in [0.05, 0.1) is 11.6 Å². The van der Waals surface area contributed by atoms with E-state index in [9.17, 15) is 4.39 Å². The number of hydrogen-bond acceptors (Lipinski definition) is 4. The zero-order chi connectivity index (χ0) is 20.8. The first-order valence-electron chi connectivity index (χ1n) is 10.2. The van der Waals surface area contributed by atoms with Crippen LogP contribution in [0.3, 0.4) is 0 Å². The third-order valence-electron chi connectivity index (χ3n) is 5.82. The SMILES string of the molecule is CC(CCN)N1CCC(N(Cc2cc(Cl)ccc2F)c2ccc(C#N)cc2)CC1. The van der Waals surface area contributed by atoms with Crippen molar-refractivity contribution in [2.75, 3.05) is 24.5 Å². The molecule has 2 aromatic rings. The molecule has 1 heterocycles. The topological polar surface area (TPSA) is 56.3 Å². The molecule has 0 amide bonds. The number of hydrogen-bond donors (Lipinski definition) is 1. The predicted octanol–water partition coefficient (Wildman–Crippen LogP) is 4.56. The van der Waals surface area contributed by atoms with Gasteiger partial charge >= 0.3 is 0 Å². The van der Waals surface area contributed by atoms with Crippen molar-refractivity contribution in [2.45, 2.75) is 44.8 Å². The van der Waals surface area contributed by atoms with Crippen LogP contribution in [0.5, 0.6) is 0 Å². The fourth-order valence-corrected chi connectivity index (χ4v) is 4.26. The van der Waals surface area contributed by atoms with Gasteiger partial charge in [0, 0.05) is 48.0 Å². The number of nitrogens with two attached hydrogens (primary N) is 1. The third kappa shape index (κ3) is 5.48. The molecule has 1 aliphatic heterocycles. The number of piperidine rings is 1. The summed E-state index contributed by atoms with van der Waals surface area (Å²) in [7, 11) is 0. The second-order valence-electron chi connectivity index (χ2n) is 7.72. The van der Waals surface area contributed by atoms with Crippen molar-refractivity contribution in [3.8, 4) is 6.07 Å². The van der Waals surface area contributed by atoms with Crippen molar-refractivity contribution < 1.29 is 4.39 Å². The van der Waals surface area contributed by atoms with E-state index in [0.29, 0.717) is 41.3 Å². The summed E-state index contributed by atoms with van der Waals surface area (Å²) in [5, 5.41) is 9.63. The van der Waals surface area contributed by atoms with Gasteiger partial charge in [-0.25, -0.2) is 4.39 Å². The van der Waals surface area contributed by atoms with Crippen molar-refractivity contribution in [1.82, 2.24) is 4.90 Å². The Bertz CT molecular complexity index is 841. The van der Waals surface area contributed by atoms with E-state index in [-0.39, 0.29) is 5.82 Å². The third-order valence-corrected chi connectivity index (χ3v) is 6.06. The molecule has 0 radical (unpaired) electrons. The molecule has 29 heavy (non-hydrogen) atoms. The fraction of sp³-hybridized carbons (Fsp3) is 0.435. The predicted molar refractivity (Wildman–Crippen MR) is 116 cm³/mol. The van der Waals surface area contributed by atoms with Gasteiger partial charge in [-0.2, -0.15) is 5.26 Å². The summed E-state index contributed by atoms with van der Waals surface area (Å²) >= 11 is 6.12. The summed E-state index contributed by atoms with van der Waals surface area (Å²) in [6.45, 7) is 5.37. The second kappa shape index (κ2) is 10.1. The van der Waals surface area contributed by atoms with Crippen LogP contribution >= 0.6 is 11.6 Å². The van der Waals surface area contributed by atoms with Gasteiger partial charge in [0.25, 0.3) is 0 Å². The zero-order valence-corrected chi connectivity index (χ0v) is 17.6. The standard InChI is InChI=1S/C23H28ClFN4/c1-17(8-11-26)28-12-9-22(10-13-28)29(21-5-2-18(15-27)3-6-21)16-19-14-20(24)4-7-23(19)25/h2-7,14,17,22H,8-13,16,26H2,1H3. The molecule has 1 fully saturated rings. The van der Waals surface area contributed by atoms with Crippen molar-refractivity contribution in [3.63, 3.8) is 0 Å². The molecule has 2 N–H and O–H groups in total. The Balaban J connectivity index is 1.81. The lowest BCUT2D eigenvalue weighted by Crippen LogP contribution is -2.47. The Hall–Kier alpha value is -2.13. The summed E-state index contributed by atoms with van der Waals surface area (Å²) in [6, 6.07) is 15.2. The number of nitrogens with zero attached hydrogens (tertiary/aromatic N) is 3. The first-order chi connectivity index (χ1) is 14.0. The number of likely N-dealkylation sites (tertiary alicyclic amines) is 1. The van der Waals surface area contributed by atoms with Gasteiger partial charge in [0.2, 0.25) is 0 Å². The first-order valence-corrected chi connectivity index (χ1v) is 10.5. The van der Waals surface area contributed by atoms with Crippen molar-refractivity contribution in [3.05, 3.63) is 64.4 Å². The molecule has 4 nitrogen and oxygen atoms in total. The molecule has 1 saturated heterocycles. The van der Waals surface area contributed by atoms with Crippen LogP contribution in [0.4, 0.5) is 10.1 Å². The normalized spacial score (nSPS) is 16.4. The van der Waals surface area contributed by atoms with Crippen LogP contribution in [0, 0.1) is 17.1 Å². The quantitative estimate of drug-likeness (QED) is 0.721. The highest BCUT2D eigenvalue weighted by Gasteiger charge is 2.27. The Morgan fingerprint density at radius 3 is 2.55 bits per heavy atom. The van der Waals surface area contributed by atoms with Gasteiger partial charge in [-0.15, -0.1) is 0 Å². The van der Waals surface area contributed by atoms with Gasteiger partial charge in [0.1, 0.15) is 5.82 Å². The maximum atomic E-state index is 14.4. The highest BCUT2D eigenvalue weighted by molar-refractivity contribution is 6.30. The molecule has 2 aromatic carbocycles. The molecule has 0 spiro atoms. The first kappa shape index (κ1) is 21.6. The van der Waals surface area contributed by atoms with E-state index < -0.39 is 0 Å². The van der Waals surface area contributed by atoms with E-state index in [4.69, 9.17) is 22.6 Å². The molecule has 1 aliphatic rings. The van der Waals surface area contributed by atoms with Crippen LogP contribution < -0.4 is 10.6 Å². The molecule has 0 bridgehead atoms. The molecule has 1 unspecified atom stereocenters. The van der Waals surface area contributed by atoms with Crippen LogP contribution in [0.1, 0.15) is 37.3 Å². The van der Waals surface area contributed by atoms with Gasteiger partial charge in [0.15, 0.2) is 0 Å². The van der Waals surface area contributed by atoms with Crippen LogP contribution in [0.2, 0.25) is 5.02 Å². The van der Waals surface area contributed by atoms with Gasteiger partial charge in [-0.05, 0) is 75.2 Å². The summed E-state index contributed by atoms with van der Waals surface area (Å²) in [5.74, 6) is -0.248. The highest BCUT2D eigenvalue weighted by atomic mass is 35.5. The molecular weight excluding hydrogens is 387 g/mol. The van der Waals surface area contributed by atoms with Crippen LogP contribution in [-0.2, 0) is 6.54 Å². The lowest BCUT2D eigenvalue weighted by atomic mass is 9.99.